The summed E-state index contributed by atoms with van der Waals surface area (Å²) >= 11 is 1.28. The van der Waals surface area contributed by atoms with E-state index in [-0.39, 0.29) is 11.7 Å². The second kappa shape index (κ2) is 9.64. The van der Waals surface area contributed by atoms with Gasteiger partial charge in [0.05, 0.1) is 26.1 Å². The van der Waals surface area contributed by atoms with Gasteiger partial charge in [-0.25, -0.2) is 4.98 Å². The molecule has 2 heterocycles. The number of benzene rings is 2. The van der Waals surface area contributed by atoms with Gasteiger partial charge in [0.2, 0.25) is 11.1 Å². The highest BCUT2D eigenvalue weighted by Crippen LogP contribution is 2.22. The number of morpholine rings is 1. The average molecular weight is 426 g/mol. The molecular formula is C21H23N5O3S. The van der Waals surface area contributed by atoms with Crippen LogP contribution >= 0.6 is 11.8 Å². The van der Waals surface area contributed by atoms with E-state index >= 15 is 0 Å². The van der Waals surface area contributed by atoms with Crippen LogP contribution in [0.25, 0.3) is 11.4 Å². The predicted octanol–water partition coefficient (Wildman–Crippen LogP) is 3.05. The molecule has 9 heteroatoms. The van der Waals surface area contributed by atoms with Gasteiger partial charge in [-0.3, -0.25) is 9.89 Å². The number of anilines is 2. The molecule has 0 aliphatic carbocycles. The Kier molecular flexibility index (Phi) is 6.50. The van der Waals surface area contributed by atoms with Crippen molar-refractivity contribution in [2.75, 3.05) is 49.4 Å². The van der Waals surface area contributed by atoms with E-state index in [0.29, 0.717) is 11.0 Å². The van der Waals surface area contributed by atoms with Gasteiger partial charge in [0.15, 0.2) is 5.82 Å². The standard InChI is InChI=1S/C21H23N5O3S/c1-28-18-8-2-15(3-9-18)20-23-21(25-24-20)30-14-19(27)22-16-4-6-17(7-5-16)26-10-12-29-13-11-26/h2-9H,10-14H2,1H3,(H,22,27)(H,23,24,25). The second-order valence-corrected chi connectivity index (χ2v) is 7.62. The molecule has 1 aliphatic heterocycles. The van der Waals surface area contributed by atoms with E-state index in [1.165, 1.54) is 11.8 Å². The third kappa shape index (κ3) is 5.11. The second-order valence-electron chi connectivity index (χ2n) is 6.68. The quantitative estimate of drug-likeness (QED) is 0.562. The number of nitrogens with one attached hydrogen (secondary N) is 2. The summed E-state index contributed by atoms with van der Waals surface area (Å²) in [5.41, 5.74) is 2.81. The van der Waals surface area contributed by atoms with E-state index in [1.807, 2.05) is 48.5 Å². The first-order valence-corrected chi connectivity index (χ1v) is 10.6. The molecule has 1 aliphatic rings. The Bertz CT molecular complexity index is 969. The number of H-pyrrole nitrogens is 1. The number of hydrogen-bond acceptors (Lipinski definition) is 7. The Labute approximate surface area is 179 Å². The molecule has 0 saturated carbocycles. The van der Waals surface area contributed by atoms with Crippen molar-refractivity contribution in [3.8, 4) is 17.1 Å². The van der Waals surface area contributed by atoms with Crippen molar-refractivity contribution in [2.24, 2.45) is 0 Å². The van der Waals surface area contributed by atoms with Crippen LogP contribution in [0.1, 0.15) is 0 Å². The summed E-state index contributed by atoms with van der Waals surface area (Å²) in [6.07, 6.45) is 0. The van der Waals surface area contributed by atoms with Gasteiger partial charge >= 0.3 is 0 Å². The maximum atomic E-state index is 12.3. The Morgan fingerprint density at radius 1 is 1.17 bits per heavy atom. The number of nitrogens with zero attached hydrogens (tertiary/aromatic N) is 3. The average Bonchev–Trinajstić information content (AvgIpc) is 3.28. The minimum Gasteiger partial charge on any atom is -0.497 e. The zero-order valence-corrected chi connectivity index (χ0v) is 17.4. The number of carbonyl (C=O) groups excluding carboxylic acids is 1. The molecule has 156 valence electrons. The summed E-state index contributed by atoms with van der Waals surface area (Å²) < 4.78 is 10.5. The normalized spacial score (nSPS) is 13.8. The molecule has 0 radical (unpaired) electrons. The van der Waals surface area contributed by atoms with Crippen molar-refractivity contribution in [1.82, 2.24) is 15.2 Å². The number of ether oxygens (including phenoxy) is 2. The monoisotopic (exact) mass is 425 g/mol. The number of aromatic nitrogens is 3. The minimum atomic E-state index is -0.102. The van der Waals surface area contributed by atoms with Crippen molar-refractivity contribution < 1.29 is 14.3 Å². The molecule has 4 rings (SSSR count). The van der Waals surface area contributed by atoms with Crippen molar-refractivity contribution in [3.05, 3.63) is 48.5 Å². The minimum absolute atomic E-state index is 0.102. The Hall–Kier alpha value is -3.04. The summed E-state index contributed by atoms with van der Waals surface area (Å²) in [5.74, 6) is 1.56. The van der Waals surface area contributed by atoms with E-state index in [4.69, 9.17) is 9.47 Å². The lowest BCUT2D eigenvalue weighted by molar-refractivity contribution is -0.113. The van der Waals surface area contributed by atoms with Gasteiger partial charge in [0, 0.05) is 30.0 Å². The van der Waals surface area contributed by atoms with Crippen molar-refractivity contribution in [1.29, 1.82) is 0 Å². The predicted molar refractivity (Wildman–Crippen MR) is 117 cm³/mol. The fourth-order valence-electron chi connectivity index (χ4n) is 3.09. The van der Waals surface area contributed by atoms with Gasteiger partial charge in [0.1, 0.15) is 5.75 Å². The van der Waals surface area contributed by atoms with E-state index in [0.717, 1.165) is 49.0 Å². The topological polar surface area (TPSA) is 92.4 Å². The van der Waals surface area contributed by atoms with Crippen LogP contribution in [0.15, 0.2) is 53.7 Å². The Balaban J connectivity index is 1.28. The van der Waals surface area contributed by atoms with Gasteiger partial charge in [-0.2, -0.15) is 0 Å². The molecule has 0 bridgehead atoms. The number of rotatable bonds is 7. The number of methoxy groups -OCH3 is 1. The third-order valence-corrected chi connectivity index (χ3v) is 5.54. The Morgan fingerprint density at radius 2 is 1.90 bits per heavy atom. The summed E-state index contributed by atoms with van der Waals surface area (Å²) in [4.78, 5) is 19.0. The molecule has 0 unspecified atom stereocenters. The number of thioether (sulfide) groups is 1. The molecule has 1 aromatic heterocycles. The maximum Gasteiger partial charge on any atom is 0.234 e. The summed E-state index contributed by atoms with van der Waals surface area (Å²) in [7, 11) is 1.63. The van der Waals surface area contributed by atoms with Crippen molar-refractivity contribution in [3.63, 3.8) is 0 Å². The number of aromatic amines is 1. The zero-order valence-electron chi connectivity index (χ0n) is 16.6. The molecule has 0 atom stereocenters. The summed E-state index contributed by atoms with van der Waals surface area (Å²) in [6, 6.07) is 15.4. The van der Waals surface area contributed by atoms with E-state index in [1.54, 1.807) is 7.11 Å². The van der Waals surface area contributed by atoms with Crippen molar-refractivity contribution >= 4 is 29.0 Å². The molecule has 8 nitrogen and oxygen atoms in total. The highest BCUT2D eigenvalue weighted by molar-refractivity contribution is 7.99. The molecule has 2 N–H and O–H groups in total. The van der Waals surface area contributed by atoms with Crippen LogP contribution < -0.4 is 15.0 Å². The molecule has 1 saturated heterocycles. The SMILES string of the molecule is COc1ccc(-c2nc(SCC(=O)Nc3ccc(N4CCOCC4)cc3)n[nH]2)cc1. The lowest BCUT2D eigenvalue weighted by Crippen LogP contribution is -2.36. The van der Waals surface area contributed by atoms with Crippen LogP contribution in [-0.4, -0.2) is 60.3 Å². The number of amides is 1. The Morgan fingerprint density at radius 3 is 2.60 bits per heavy atom. The number of hydrogen-bond donors (Lipinski definition) is 2. The third-order valence-electron chi connectivity index (χ3n) is 4.69. The largest absolute Gasteiger partial charge is 0.497 e. The molecule has 1 fully saturated rings. The van der Waals surface area contributed by atoms with Gasteiger partial charge in [0.25, 0.3) is 0 Å². The molecular weight excluding hydrogens is 402 g/mol. The fourth-order valence-corrected chi connectivity index (χ4v) is 3.69. The van der Waals surface area contributed by atoms with E-state index < -0.39 is 0 Å². The molecule has 30 heavy (non-hydrogen) atoms. The van der Waals surface area contributed by atoms with E-state index in [2.05, 4.69) is 25.4 Å². The van der Waals surface area contributed by atoms with Gasteiger partial charge in [-0.05, 0) is 48.5 Å². The van der Waals surface area contributed by atoms with E-state index in [9.17, 15) is 4.79 Å². The van der Waals surface area contributed by atoms with Gasteiger partial charge in [-0.15, -0.1) is 5.10 Å². The summed E-state index contributed by atoms with van der Waals surface area (Å²) in [5, 5.41) is 10.5. The first-order chi connectivity index (χ1) is 14.7. The fraction of sp³-hybridized carbons (Fsp3) is 0.286. The smallest absolute Gasteiger partial charge is 0.234 e. The molecule has 0 spiro atoms. The maximum absolute atomic E-state index is 12.3. The van der Waals surface area contributed by atoms with Gasteiger partial charge < -0.3 is 19.7 Å². The molecule has 3 aromatic rings. The zero-order chi connectivity index (χ0) is 20.8. The van der Waals surface area contributed by atoms with Crippen LogP contribution in [0.2, 0.25) is 0 Å². The summed E-state index contributed by atoms with van der Waals surface area (Å²) in [6.45, 7) is 3.27. The first-order valence-electron chi connectivity index (χ1n) is 9.63. The molecule has 1 amide bonds. The lowest BCUT2D eigenvalue weighted by atomic mass is 10.2. The number of carbonyl (C=O) groups is 1. The van der Waals surface area contributed by atoms with Crippen molar-refractivity contribution in [2.45, 2.75) is 5.16 Å². The van der Waals surface area contributed by atoms with Crippen LogP contribution in [-0.2, 0) is 9.53 Å². The first kappa shape index (κ1) is 20.2. The lowest BCUT2D eigenvalue weighted by Gasteiger charge is -2.28. The highest BCUT2D eigenvalue weighted by atomic mass is 32.2. The highest BCUT2D eigenvalue weighted by Gasteiger charge is 2.12. The van der Waals surface area contributed by atoms with Crippen LogP contribution in [0.5, 0.6) is 5.75 Å². The molecule has 2 aromatic carbocycles. The van der Waals surface area contributed by atoms with Gasteiger partial charge in [-0.1, -0.05) is 11.8 Å². The van der Waals surface area contributed by atoms with Crippen LogP contribution in [0.4, 0.5) is 11.4 Å². The van der Waals surface area contributed by atoms with Crippen LogP contribution in [0, 0.1) is 0 Å². The van der Waals surface area contributed by atoms with Crippen LogP contribution in [0.3, 0.4) is 0 Å².